The van der Waals surface area contributed by atoms with E-state index in [9.17, 15) is 13.2 Å². The molecular formula is C15H22F3NO. The summed E-state index contributed by atoms with van der Waals surface area (Å²) in [5, 5.41) is 3.18. The summed E-state index contributed by atoms with van der Waals surface area (Å²) in [5.74, 6) is 0. The molecule has 20 heavy (non-hydrogen) atoms. The van der Waals surface area contributed by atoms with Gasteiger partial charge in [0.15, 0.2) is 0 Å². The van der Waals surface area contributed by atoms with Gasteiger partial charge in [0.1, 0.15) is 6.61 Å². The molecule has 1 atom stereocenters. The van der Waals surface area contributed by atoms with E-state index < -0.39 is 12.8 Å². The van der Waals surface area contributed by atoms with Gasteiger partial charge in [0.05, 0.1) is 6.61 Å². The summed E-state index contributed by atoms with van der Waals surface area (Å²) in [5.41, 5.74) is 3.49. The Labute approximate surface area is 118 Å². The largest absolute Gasteiger partial charge is 0.411 e. The molecule has 0 heterocycles. The average molecular weight is 289 g/mol. The van der Waals surface area contributed by atoms with E-state index in [0.717, 1.165) is 11.1 Å². The van der Waals surface area contributed by atoms with Gasteiger partial charge in [-0.05, 0) is 43.5 Å². The van der Waals surface area contributed by atoms with Crippen LogP contribution in [0.15, 0.2) is 18.2 Å². The predicted octanol–water partition coefficient (Wildman–Crippen LogP) is 3.40. The average Bonchev–Trinajstić information content (AvgIpc) is 2.32. The Balaban J connectivity index is 2.63. The fraction of sp³-hybridized carbons (Fsp3) is 0.600. The van der Waals surface area contributed by atoms with E-state index in [0.29, 0.717) is 13.0 Å². The van der Waals surface area contributed by atoms with Crippen molar-refractivity contribution in [3.8, 4) is 0 Å². The van der Waals surface area contributed by atoms with E-state index in [1.165, 1.54) is 5.56 Å². The molecule has 0 amide bonds. The first-order valence-corrected chi connectivity index (χ1v) is 6.76. The monoisotopic (exact) mass is 289 g/mol. The lowest BCUT2D eigenvalue weighted by Crippen LogP contribution is -2.37. The minimum atomic E-state index is -4.27. The zero-order valence-electron chi connectivity index (χ0n) is 12.2. The van der Waals surface area contributed by atoms with Crippen molar-refractivity contribution in [3.63, 3.8) is 0 Å². The highest BCUT2D eigenvalue weighted by Gasteiger charge is 2.28. The lowest BCUT2D eigenvalue weighted by Gasteiger charge is -2.21. The zero-order chi connectivity index (χ0) is 15.2. The van der Waals surface area contributed by atoms with Crippen molar-refractivity contribution in [2.24, 2.45) is 0 Å². The minimum absolute atomic E-state index is 0.0567. The van der Waals surface area contributed by atoms with Crippen LogP contribution in [0.2, 0.25) is 0 Å². The first-order chi connectivity index (χ1) is 9.33. The van der Waals surface area contributed by atoms with E-state index in [4.69, 9.17) is 4.74 Å². The fourth-order valence-corrected chi connectivity index (χ4v) is 2.21. The molecule has 0 bridgehead atoms. The summed E-state index contributed by atoms with van der Waals surface area (Å²) in [6.45, 7) is 5.53. The number of halogens is 3. The Bertz CT molecular complexity index is 398. The van der Waals surface area contributed by atoms with Crippen LogP contribution in [0.5, 0.6) is 0 Å². The molecule has 114 valence electrons. The van der Waals surface area contributed by atoms with Gasteiger partial charge >= 0.3 is 6.18 Å². The molecule has 5 heteroatoms. The number of likely N-dealkylation sites (N-methyl/N-ethyl adjacent to an activating group) is 1. The summed E-state index contributed by atoms with van der Waals surface area (Å²) in [4.78, 5) is 0. The van der Waals surface area contributed by atoms with E-state index in [-0.39, 0.29) is 12.6 Å². The Morgan fingerprint density at radius 3 is 2.30 bits per heavy atom. The summed E-state index contributed by atoms with van der Waals surface area (Å²) >= 11 is 0. The molecule has 0 saturated carbocycles. The van der Waals surface area contributed by atoms with Crippen LogP contribution < -0.4 is 5.32 Å². The highest BCUT2D eigenvalue weighted by molar-refractivity contribution is 5.34. The molecule has 0 saturated heterocycles. The third-order valence-electron chi connectivity index (χ3n) is 3.17. The molecule has 0 aromatic heterocycles. The van der Waals surface area contributed by atoms with Crippen molar-refractivity contribution in [2.45, 2.75) is 39.4 Å². The maximum Gasteiger partial charge on any atom is 0.411 e. The van der Waals surface area contributed by atoms with Gasteiger partial charge in [-0.2, -0.15) is 13.2 Å². The van der Waals surface area contributed by atoms with Crippen LogP contribution in [0.1, 0.15) is 23.6 Å². The second kappa shape index (κ2) is 7.64. The topological polar surface area (TPSA) is 21.3 Å². The number of benzene rings is 1. The van der Waals surface area contributed by atoms with E-state index in [1.807, 2.05) is 39.0 Å². The molecule has 0 radical (unpaired) electrons. The molecule has 1 unspecified atom stereocenters. The smallest absolute Gasteiger partial charge is 0.370 e. The molecule has 1 rings (SSSR count). The van der Waals surface area contributed by atoms with Gasteiger partial charge in [0.25, 0.3) is 0 Å². The molecule has 1 aromatic rings. The van der Waals surface area contributed by atoms with Crippen LogP contribution in [-0.4, -0.2) is 32.0 Å². The highest BCUT2D eigenvalue weighted by atomic mass is 19.4. The Morgan fingerprint density at radius 1 is 1.20 bits per heavy atom. The predicted molar refractivity (Wildman–Crippen MR) is 74.0 cm³/mol. The summed E-state index contributed by atoms with van der Waals surface area (Å²) in [6, 6.07) is 5.91. The molecule has 0 fully saturated rings. The molecule has 2 nitrogen and oxygen atoms in total. The molecular weight excluding hydrogens is 267 g/mol. The van der Waals surface area contributed by atoms with Crippen molar-refractivity contribution in [1.29, 1.82) is 0 Å². The van der Waals surface area contributed by atoms with Gasteiger partial charge in [-0.3, -0.25) is 0 Å². The SMILES string of the molecule is CCNC(COCC(F)(F)F)Cc1c(C)cccc1C. The first kappa shape index (κ1) is 17.0. The number of hydrogen-bond acceptors (Lipinski definition) is 2. The number of aryl methyl sites for hydroxylation is 2. The minimum Gasteiger partial charge on any atom is -0.370 e. The molecule has 0 spiro atoms. The van der Waals surface area contributed by atoms with Crippen LogP contribution in [0.25, 0.3) is 0 Å². The van der Waals surface area contributed by atoms with E-state index >= 15 is 0 Å². The summed E-state index contributed by atoms with van der Waals surface area (Å²) < 4.78 is 41.1. The van der Waals surface area contributed by atoms with Gasteiger partial charge in [-0.25, -0.2) is 0 Å². The van der Waals surface area contributed by atoms with Gasteiger partial charge in [-0.15, -0.1) is 0 Å². The van der Waals surface area contributed by atoms with Crippen LogP contribution >= 0.6 is 0 Å². The maximum atomic E-state index is 12.1. The molecule has 0 aliphatic heterocycles. The van der Waals surface area contributed by atoms with E-state index in [1.54, 1.807) is 0 Å². The number of hydrogen-bond donors (Lipinski definition) is 1. The number of rotatable bonds is 7. The number of ether oxygens (including phenoxy) is 1. The van der Waals surface area contributed by atoms with Crippen molar-refractivity contribution >= 4 is 0 Å². The summed E-state index contributed by atoms with van der Waals surface area (Å²) in [7, 11) is 0. The van der Waals surface area contributed by atoms with E-state index in [2.05, 4.69) is 5.32 Å². The number of alkyl halides is 3. The van der Waals surface area contributed by atoms with Crippen molar-refractivity contribution < 1.29 is 17.9 Å². The zero-order valence-corrected chi connectivity index (χ0v) is 12.2. The van der Waals surface area contributed by atoms with Crippen molar-refractivity contribution in [1.82, 2.24) is 5.32 Å². The van der Waals surface area contributed by atoms with Gasteiger partial charge in [0.2, 0.25) is 0 Å². The van der Waals surface area contributed by atoms with Gasteiger partial charge in [-0.1, -0.05) is 25.1 Å². The Kier molecular flexibility index (Phi) is 6.49. The molecule has 0 aliphatic rings. The lowest BCUT2D eigenvalue weighted by molar-refractivity contribution is -0.175. The highest BCUT2D eigenvalue weighted by Crippen LogP contribution is 2.17. The summed E-state index contributed by atoms with van der Waals surface area (Å²) in [6.07, 6.45) is -3.60. The second-order valence-corrected chi connectivity index (χ2v) is 4.96. The number of nitrogens with one attached hydrogen (secondary N) is 1. The molecule has 1 N–H and O–H groups in total. The van der Waals surface area contributed by atoms with Gasteiger partial charge < -0.3 is 10.1 Å². The lowest BCUT2D eigenvalue weighted by atomic mass is 9.96. The normalized spacial score (nSPS) is 13.5. The first-order valence-electron chi connectivity index (χ1n) is 6.76. The van der Waals surface area contributed by atoms with Crippen LogP contribution in [0, 0.1) is 13.8 Å². The fourth-order valence-electron chi connectivity index (χ4n) is 2.21. The quantitative estimate of drug-likeness (QED) is 0.830. The second-order valence-electron chi connectivity index (χ2n) is 4.96. The van der Waals surface area contributed by atoms with Crippen LogP contribution in [0.3, 0.4) is 0 Å². The standard InChI is InChI=1S/C15H22F3NO/c1-4-19-13(9-20-10-15(16,17)18)8-14-11(2)6-5-7-12(14)3/h5-7,13,19H,4,8-10H2,1-3H3. The Hall–Kier alpha value is -1.07. The van der Waals surface area contributed by atoms with Crippen molar-refractivity contribution in [3.05, 3.63) is 34.9 Å². The van der Waals surface area contributed by atoms with Crippen LogP contribution in [-0.2, 0) is 11.2 Å². The van der Waals surface area contributed by atoms with Crippen molar-refractivity contribution in [2.75, 3.05) is 19.8 Å². The van der Waals surface area contributed by atoms with Crippen LogP contribution in [0.4, 0.5) is 13.2 Å². The Morgan fingerprint density at radius 2 is 1.80 bits per heavy atom. The molecule has 0 aliphatic carbocycles. The maximum absolute atomic E-state index is 12.1. The molecule has 1 aromatic carbocycles. The van der Waals surface area contributed by atoms with Gasteiger partial charge in [0, 0.05) is 6.04 Å². The third kappa shape index (κ3) is 5.92. The third-order valence-corrected chi connectivity index (χ3v) is 3.17.